The Morgan fingerprint density at radius 2 is 1.33 bits per heavy atom. The van der Waals surface area contributed by atoms with Gasteiger partial charge in [0.1, 0.15) is 11.1 Å². The van der Waals surface area contributed by atoms with Crippen molar-refractivity contribution in [3.05, 3.63) is 79.9 Å². The van der Waals surface area contributed by atoms with E-state index in [4.69, 9.17) is 0 Å². The highest BCUT2D eigenvalue weighted by Crippen LogP contribution is 2.18. The highest BCUT2D eigenvalue weighted by molar-refractivity contribution is 5.99. The normalized spacial score (nSPS) is 11.3. The first-order valence-electron chi connectivity index (χ1n) is 7.87. The van der Waals surface area contributed by atoms with Gasteiger partial charge in [-0.15, -0.1) is 0 Å². The first-order chi connectivity index (χ1) is 12.8. The number of hydrogen-bond acceptors (Lipinski definition) is 6. The molecule has 10 heteroatoms. The highest BCUT2D eigenvalue weighted by atomic mass is 16.6. The van der Waals surface area contributed by atoms with Gasteiger partial charge in [-0.2, -0.15) is 0 Å². The zero-order chi connectivity index (χ0) is 20.0. The molecule has 10 nitrogen and oxygen atoms in total. The quantitative estimate of drug-likeness (QED) is 0.562. The molecule has 0 spiro atoms. The molecule has 140 valence electrons. The summed E-state index contributed by atoms with van der Waals surface area (Å²) in [5.74, 6) is -1.32. The van der Waals surface area contributed by atoms with E-state index in [0.29, 0.717) is 0 Å². The number of benzene rings is 2. The molecule has 2 rings (SSSR count). The summed E-state index contributed by atoms with van der Waals surface area (Å²) in [4.78, 5) is 45.0. The molecule has 0 aliphatic carbocycles. The number of nitro benzene ring substituents is 2. The number of hydrogen-bond donors (Lipinski definition) is 2. The van der Waals surface area contributed by atoms with Crippen molar-refractivity contribution >= 4 is 23.2 Å². The minimum absolute atomic E-state index is 0.0166. The molecule has 0 radical (unpaired) electrons. The lowest BCUT2D eigenvalue weighted by Crippen LogP contribution is -2.42. The number of nitrogens with zero attached hydrogens (tertiary/aromatic N) is 2. The molecule has 0 saturated heterocycles. The summed E-state index contributed by atoms with van der Waals surface area (Å²) < 4.78 is 0. The third-order valence-corrected chi connectivity index (χ3v) is 3.64. The molecule has 0 aromatic heterocycles. The van der Waals surface area contributed by atoms with Crippen molar-refractivity contribution in [1.29, 1.82) is 0 Å². The molecule has 2 amide bonds. The molecule has 2 aromatic rings. The molecule has 2 N–H and O–H groups in total. The van der Waals surface area contributed by atoms with E-state index < -0.39 is 27.7 Å². The van der Waals surface area contributed by atoms with Gasteiger partial charge in [-0.25, -0.2) is 0 Å². The Balaban J connectivity index is 2.00. The van der Waals surface area contributed by atoms with Crippen LogP contribution in [0.2, 0.25) is 0 Å². The predicted octanol–water partition coefficient (Wildman–Crippen LogP) is 2.05. The summed E-state index contributed by atoms with van der Waals surface area (Å²) >= 11 is 0. The zero-order valence-electron chi connectivity index (χ0n) is 14.2. The van der Waals surface area contributed by atoms with E-state index in [2.05, 4.69) is 10.6 Å². The summed E-state index contributed by atoms with van der Waals surface area (Å²) in [5, 5.41) is 27.0. The molecule has 27 heavy (non-hydrogen) atoms. The van der Waals surface area contributed by atoms with E-state index in [1.54, 1.807) is 6.92 Å². The number of carbonyl (C=O) groups excluding carboxylic acids is 2. The Morgan fingerprint density at radius 3 is 1.81 bits per heavy atom. The molecule has 0 aliphatic rings. The largest absolute Gasteiger partial charge is 0.350 e. The van der Waals surface area contributed by atoms with Gasteiger partial charge in [0.15, 0.2) is 0 Å². The summed E-state index contributed by atoms with van der Waals surface area (Å²) in [7, 11) is 0. The van der Waals surface area contributed by atoms with Crippen LogP contribution in [0.1, 0.15) is 27.6 Å². The second kappa shape index (κ2) is 8.52. The monoisotopic (exact) mass is 372 g/mol. The molecule has 0 fully saturated rings. The number of nitro groups is 2. The standard InChI is InChI=1S/C17H16N4O6/c1-11(19-17(23)13-7-3-5-9-15(13)21(26)27)10-18-16(22)12-6-2-4-8-14(12)20(24)25/h2-9,11H,10H2,1H3,(H,18,22)(H,19,23)/t11-/m0/s1. The number of rotatable bonds is 7. The van der Waals surface area contributed by atoms with Crippen LogP contribution in [-0.4, -0.2) is 34.2 Å². The van der Waals surface area contributed by atoms with E-state index in [0.717, 1.165) is 0 Å². The first kappa shape index (κ1) is 19.5. The average molecular weight is 372 g/mol. The van der Waals surface area contributed by atoms with Gasteiger partial charge in [0, 0.05) is 24.7 Å². The lowest BCUT2D eigenvalue weighted by Gasteiger charge is -2.15. The Kier molecular flexibility index (Phi) is 6.15. The van der Waals surface area contributed by atoms with Crippen molar-refractivity contribution in [2.75, 3.05) is 6.54 Å². The second-order valence-corrected chi connectivity index (χ2v) is 5.63. The second-order valence-electron chi connectivity index (χ2n) is 5.63. The Hall–Kier alpha value is -3.82. The van der Waals surface area contributed by atoms with Gasteiger partial charge in [-0.3, -0.25) is 29.8 Å². The van der Waals surface area contributed by atoms with Gasteiger partial charge in [-0.05, 0) is 19.1 Å². The lowest BCUT2D eigenvalue weighted by molar-refractivity contribution is -0.385. The SMILES string of the molecule is C[C@@H](CNC(=O)c1ccccc1[N+](=O)[O-])NC(=O)c1ccccc1[N+](=O)[O-]. The van der Waals surface area contributed by atoms with Crippen LogP contribution in [0.4, 0.5) is 11.4 Å². The van der Waals surface area contributed by atoms with E-state index in [1.807, 2.05) is 0 Å². The smallest absolute Gasteiger partial charge is 0.282 e. The van der Waals surface area contributed by atoms with Crippen molar-refractivity contribution in [2.45, 2.75) is 13.0 Å². The minimum Gasteiger partial charge on any atom is -0.350 e. The number of carbonyl (C=O) groups is 2. The maximum Gasteiger partial charge on any atom is 0.282 e. The van der Waals surface area contributed by atoms with Crippen LogP contribution in [0.15, 0.2) is 48.5 Å². The van der Waals surface area contributed by atoms with Crippen molar-refractivity contribution in [2.24, 2.45) is 0 Å². The van der Waals surface area contributed by atoms with Crippen molar-refractivity contribution in [1.82, 2.24) is 10.6 Å². The summed E-state index contributed by atoms with van der Waals surface area (Å²) in [6, 6.07) is 10.4. The van der Waals surface area contributed by atoms with Crippen molar-refractivity contribution in [3.8, 4) is 0 Å². The average Bonchev–Trinajstić information content (AvgIpc) is 2.65. The molecule has 0 bridgehead atoms. The van der Waals surface area contributed by atoms with E-state index in [-0.39, 0.29) is 29.0 Å². The van der Waals surface area contributed by atoms with Crippen LogP contribution in [0.25, 0.3) is 0 Å². The predicted molar refractivity (Wildman–Crippen MR) is 95.5 cm³/mol. The molecular weight excluding hydrogens is 356 g/mol. The molecule has 2 aromatic carbocycles. The topological polar surface area (TPSA) is 144 Å². The fourth-order valence-electron chi connectivity index (χ4n) is 2.34. The van der Waals surface area contributed by atoms with Gasteiger partial charge in [0.2, 0.25) is 0 Å². The minimum atomic E-state index is -0.658. The zero-order valence-corrected chi connectivity index (χ0v) is 14.2. The number of nitrogens with one attached hydrogen (secondary N) is 2. The van der Waals surface area contributed by atoms with Gasteiger partial charge in [0.05, 0.1) is 9.85 Å². The fraction of sp³-hybridized carbons (Fsp3) is 0.176. The van der Waals surface area contributed by atoms with Crippen molar-refractivity contribution in [3.63, 3.8) is 0 Å². The highest BCUT2D eigenvalue weighted by Gasteiger charge is 2.22. The Labute approximate surface area is 153 Å². The van der Waals surface area contributed by atoms with Gasteiger partial charge < -0.3 is 10.6 Å². The molecule has 0 aliphatic heterocycles. The maximum atomic E-state index is 12.2. The molecular formula is C17H16N4O6. The summed E-state index contributed by atoms with van der Waals surface area (Å²) in [6.45, 7) is 1.57. The third-order valence-electron chi connectivity index (χ3n) is 3.64. The summed E-state index contributed by atoms with van der Waals surface area (Å²) in [6.07, 6.45) is 0. The van der Waals surface area contributed by atoms with Gasteiger partial charge >= 0.3 is 0 Å². The lowest BCUT2D eigenvalue weighted by atomic mass is 10.1. The van der Waals surface area contributed by atoms with E-state index >= 15 is 0 Å². The molecule has 0 unspecified atom stereocenters. The summed E-state index contributed by atoms with van der Waals surface area (Å²) in [5.41, 5.74) is -0.850. The van der Waals surface area contributed by atoms with Crippen molar-refractivity contribution < 1.29 is 19.4 Å². The van der Waals surface area contributed by atoms with E-state index in [1.165, 1.54) is 48.5 Å². The molecule has 1 atom stereocenters. The Bertz CT molecular complexity index is 898. The maximum absolute atomic E-state index is 12.2. The molecule has 0 saturated carbocycles. The fourth-order valence-corrected chi connectivity index (χ4v) is 2.34. The van der Waals surface area contributed by atoms with E-state index in [9.17, 15) is 29.8 Å². The number of para-hydroxylation sites is 2. The van der Waals surface area contributed by atoms with Crippen LogP contribution < -0.4 is 10.6 Å². The molecule has 0 heterocycles. The van der Waals surface area contributed by atoms with Crippen LogP contribution in [0.3, 0.4) is 0 Å². The van der Waals surface area contributed by atoms with Gasteiger partial charge in [0.25, 0.3) is 23.2 Å². The van der Waals surface area contributed by atoms with Crippen LogP contribution in [0, 0.1) is 20.2 Å². The Morgan fingerprint density at radius 1 is 0.889 bits per heavy atom. The van der Waals surface area contributed by atoms with Crippen LogP contribution >= 0.6 is 0 Å². The van der Waals surface area contributed by atoms with Gasteiger partial charge in [-0.1, -0.05) is 24.3 Å². The van der Waals surface area contributed by atoms with Crippen LogP contribution in [0.5, 0.6) is 0 Å². The number of amides is 2. The third kappa shape index (κ3) is 4.84. The van der Waals surface area contributed by atoms with Crippen LogP contribution in [-0.2, 0) is 0 Å². The first-order valence-corrected chi connectivity index (χ1v) is 7.87.